The van der Waals surface area contributed by atoms with Gasteiger partial charge in [-0.1, -0.05) is 18.2 Å². The smallest absolute Gasteiger partial charge is 0.269 e. The number of pyridine rings is 1. The van der Waals surface area contributed by atoms with Crippen LogP contribution < -0.4 is 21.3 Å². The van der Waals surface area contributed by atoms with E-state index in [0.29, 0.717) is 30.4 Å². The van der Waals surface area contributed by atoms with Gasteiger partial charge in [-0.15, -0.1) is 0 Å². The lowest BCUT2D eigenvalue weighted by Crippen LogP contribution is -2.61. The van der Waals surface area contributed by atoms with Gasteiger partial charge in [0.25, 0.3) is 16.8 Å². The molecule has 7 rings (SSSR count). The molecule has 3 aliphatic rings. The zero-order valence-electron chi connectivity index (χ0n) is 22.2. The van der Waals surface area contributed by atoms with Crippen molar-refractivity contribution in [2.75, 3.05) is 18.0 Å². The number of nitro groups is 1. The monoisotopic (exact) mass is 552 g/mol. The highest BCUT2D eigenvalue weighted by Gasteiger charge is 2.49. The molecule has 0 unspecified atom stereocenters. The zero-order valence-corrected chi connectivity index (χ0v) is 22.2. The number of fused-ring (bicyclic) bond motifs is 9. The summed E-state index contributed by atoms with van der Waals surface area (Å²) in [6.45, 7) is 1.65. The zero-order chi connectivity index (χ0) is 28.2. The van der Waals surface area contributed by atoms with Gasteiger partial charge >= 0.3 is 0 Å². The molecular formula is C30H28N6O5. The summed E-state index contributed by atoms with van der Waals surface area (Å²) in [6.07, 6.45) is 2.72. The minimum absolute atomic E-state index is 0.00126. The van der Waals surface area contributed by atoms with Crippen molar-refractivity contribution < 1.29 is 9.72 Å². The number of piperidine rings is 1. The van der Waals surface area contributed by atoms with Crippen molar-refractivity contribution in [3.05, 3.63) is 109 Å². The van der Waals surface area contributed by atoms with E-state index in [1.54, 1.807) is 42.5 Å². The molecule has 11 heteroatoms. The lowest BCUT2D eigenvalue weighted by molar-refractivity contribution is -0.384. The van der Waals surface area contributed by atoms with Gasteiger partial charge in [-0.25, -0.2) is 4.98 Å². The van der Waals surface area contributed by atoms with Gasteiger partial charge in [0.05, 0.1) is 28.1 Å². The normalized spacial score (nSPS) is 22.4. The Morgan fingerprint density at radius 1 is 1.07 bits per heavy atom. The molecule has 5 heterocycles. The van der Waals surface area contributed by atoms with Crippen LogP contribution in [0.3, 0.4) is 0 Å². The molecule has 1 N–H and O–H groups in total. The molecule has 0 saturated carbocycles. The summed E-state index contributed by atoms with van der Waals surface area (Å²) >= 11 is 0. The molecule has 3 aliphatic heterocycles. The van der Waals surface area contributed by atoms with Crippen LogP contribution >= 0.6 is 0 Å². The predicted molar refractivity (Wildman–Crippen MR) is 152 cm³/mol. The summed E-state index contributed by atoms with van der Waals surface area (Å²) < 4.78 is 3.33. The van der Waals surface area contributed by atoms with Crippen molar-refractivity contribution in [3.8, 4) is 0 Å². The molecule has 1 saturated heterocycles. The fraction of sp³-hybridized carbons (Fsp3) is 0.333. The summed E-state index contributed by atoms with van der Waals surface area (Å²) in [5.74, 6) is -0.449. The number of anilines is 1. The van der Waals surface area contributed by atoms with Crippen molar-refractivity contribution in [1.82, 2.24) is 19.4 Å². The van der Waals surface area contributed by atoms with Gasteiger partial charge in [0.2, 0.25) is 5.91 Å². The highest BCUT2D eigenvalue weighted by molar-refractivity contribution is 5.82. The van der Waals surface area contributed by atoms with Crippen molar-refractivity contribution in [2.45, 2.75) is 37.9 Å². The molecule has 41 heavy (non-hydrogen) atoms. The Morgan fingerprint density at radius 2 is 1.93 bits per heavy atom. The van der Waals surface area contributed by atoms with Crippen LogP contribution in [0.4, 0.5) is 11.4 Å². The Balaban J connectivity index is 1.18. The lowest BCUT2D eigenvalue weighted by atomic mass is 9.70. The Bertz CT molecular complexity index is 1830. The number of carbonyl (C=O) groups excluding carboxylic acids is 1. The van der Waals surface area contributed by atoms with Gasteiger partial charge in [0.15, 0.2) is 0 Å². The second-order valence-electron chi connectivity index (χ2n) is 11.2. The maximum Gasteiger partial charge on any atom is 0.269 e. The number of hydrogen-bond acceptors (Lipinski definition) is 7. The van der Waals surface area contributed by atoms with Crippen molar-refractivity contribution >= 4 is 28.2 Å². The average Bonchev–Trinajstić information content (AvgIpc) is 2.98. The molecule has 4 aromatic rings. The number of para-hydroxylation sites is 1. The number of nitro benzene ring substituents is 1. The molecule has 2 aromatic heterocycles. The molecule has 4 atom stereocenters. The average molecular weight is 553 g/mol. The molecule has 0 radical (unpaired) electrons. The van der Waals surface area contributed by atoms with Crippen molar-refractivity contribution in [2.24, 2.45) is 11.8 Å². The number of amides is 1. The van der Waals surface area contributed by atoms with E-state index in [1.165, 1.54) is 17.0 Å². The lowest BCUT2D eigenvalue weighted by Gasteiger charge is -2.54. The fourth-order valence-electron chi connectivity index (χ4n) is 7.15. The quantitative estimate of drug-likeness (QED) is 0.297. The second-order valence-corrected chi connectivity index (χ2v) is 11.2. The van der Waals surface area contributed by atoms with Gasteiger partial charge in [0.1, 0.15) is 0 Å². The highest BCUT2D eigenvalue weighted by atomic mass is 16.6. The Kier molecular flexibility index (Phi) is 5.95. The first-order valence-corrected chi connectivity index (χ1v) is 13.8. The van der Waals surface area contributed by atoms with Crippen LogP contribution in [0.25, 0.3) is 10.9 Å². The summed E-state index contributed by atoms with van der Waals surface area (Å²) in [5, 5.41) is 15.1. The highest BCUT2D eigenvalue weighted by Crippen LogP contribution is 2.47. The first kappa shape index (κ1) is 25.2. The Labute approximate surface area is 234 Å². The Morgan fingerprint density at radius 3 is 2.78 bits per heavy atom. The topological polar surface area (TPSA) is 132 Å². The predicted octanol–water partition coefficient (Wildman–Crippen LogP) is 2.45. The largest absolute Gasteiger partial charge is 0.366 e. The number of rotatable bonds is 5. The summed E-state index contributed by atoms with van der Waals surface area (Å²) in [4.78, 5) is 57.1. The molecule has 0 aliphatic carbocycles. The minimum atomic E-state index is -0.470. The maximum atomic E-state index is 13.8. The van der Waals surface area contributed by atoms with E-state index in [-0.39, 0.29) is 53.7 Å². The summed E-state index contributed by atoms with van der Waals surface area (Å²) in [6, 6.07) is 17.2. The molecule has 11 nitrogen and oxygen atoms in total. The van der Waals surface area contributed by atoms with Gasteiger partial charge in [0, 0.05) is 67.7 Å². The molecule has 2 bridgehead atoms. The van der Waals surface area contributed by atoms with Crippen LogP contribution in [0.5, 0.6) is 0 Å². The molecule has 1 fully saturated rings. The van der Waals surface area contributed by atoms with Crippen LogP contribution in [-0.2, 0) is 24.3 Å². The SMILES string of the molecule is O=C(NCCn1cnc2ccccc2c1=O)[C@@H]1Cc2cc([N+](=O)[O-])ccc2N2C[C@H]3C[C@H](Cn4c3cccc4=O)[C@@H]12. The van der Waals surface area contributed by atoms with Crippen LogP contribution in [-0.4, -0.2) is 44.1 Å². The number of aromatic nitrogens is 3. The van der Waals surface area contributed by atoms with E-state index >= 15 is 0 Å². The number of non-ortho nitro benzene ring substituents is 1. The summed E-state index contributed by atoms with van der Waals surface area (Å²) in [5.41, 5.74) is 3.11. The van der Waals surface area contributed by atoms with Gasteiger partial charge in [-0.05, 0) is 48.6 Å². The fourth-order valence-corrected chi connectivity index (χ4v) is 7.15. The first-order valence-electron chi connectivity index (χ1n) is 13.8. The number of hydrogen-bond donors (Lipinski definition) is 1. The van der Waals surface area contributed by atoms with Crippen molar-refractivity contribution in [3.63, 3.8) is 0 Å². The molecule has 2 aromatic carbocycles. The number of benzene rings is 2. The molecule has 0 spiro atoms. The van der Waals surface area contributed by atoms with E-state index in [1.807, 2.05) is 16.7 Å². The van der Waals surface area contributed by atoms with Crippen LogP contribution in [0.2, 0.25) is 0 Å². The number of nitrogens with zero attached hydrogens (tertiary/aromatic N) is 5. The number of carbonyl (C=O) groups is 1. The minimum Gasteiger partial charge on any atom is -0.366 e. The van der Waals surface area contributed by atoms with Gasteiger partial charge < -0.3 is 14.8 Å². The van der Waals surface area contributed by atoms with E-state index in [0.717, 1.165) is 23.4 Å². The van der Waals surface area contributed by atoms with Gasteiger partial charge in [-0.3, -0.25) is 29.1 Å². The Hall–Kier alpha value is -4.80. The third kappa shape index (κ3) is 4.19. The van der Waals surface area contributed by atoms with Crippen LogP contribution in [0.15, 0.2) is 76.6 Å². The molecule has 1 amide bonds. The maximum absolute atomic E-state index is 13.8. The van der Waals surface area contributed by atoms with E-state index < -0.39 is 10.8 Å². The third-order valence-electron chi connectivity index (χ3n) is 8.92. The number of nitrogens with one attached hydrogen (secondary N) is 1. The van der Waals surface area contributed by atoms with Crippen LogP contribution in [0.1, 0.15) is 23.6 Å². The van der Waals surface area contributed by atoms with E-state index in [9.17, 15) is 24.5 Å². The van der Waals surface area contributed by atoms with E-state index in [2.05, 4.69) is 15.2 Å². The van der Waals surface area contributed by atoms with Crippen molar-refractivity contribution in [1.29, 1.82) is 0 Å². The third-order valence-corrected chi connectivity index (χ3v) is 8.92. The van der Waals surface area contributed by atoms with E-state index in [4.69, 9.17) is 0 Å². The summed E-state index contributed by atoms with van der Waals surface area (Å²) in [7, 11) is 0. The van der Waals surface area contributed by atoms with Crippen LogP contribution in [0, 0.1) is 22.0 Å². The first-order chi connectivity index (χ1) is 19.9. The standard InChI is InChI=1S/C30H28N6O5/c37-27-7-3-6-25-19-12-20(16-34(25)27)28-23(14-18-13-21(36(40)41)8-9-26(18)35(28)15-19)29(38)31-10-11-33-17-32-24-5-2-1-4-22(24)30(33)39/h1-9,13,17,19-20,23,28H,10-12,14-16H2,(H,31,38)/t19-,20-,23-,28+/m1/s1. The second kappa shape index (κ2) is 9.69. The molecular weight excluding hydrogens is 524 g/mol. The molecule has 208 valence electrons. The van der Waals surface area contributed by atoms with Gasteiger partial charge in [-0.2, -0.15) is 0 Å².